The molecule has 6 nitrogen and oxygen atoms in total. The van der Waals surface area contributed by atoms with Crippen LogP contribution in [0, 0.1) is 0 Å². The van der Waals surface area contributed by atoms with Gasteiger partial charge in [-0.25, -0.2) is 0 Å². The first-order valence-electron chi connectivity index (χ1n) is 4.66. The zero-order valence-corrected chi connectivity index (χ0v) is 8.71. The SMILES string of the molecule is Cn1cc(NC(=O)c2ccncc2N)cn1. The van der Waals surface area contributed by atoms with Gasteiger partial charge >= 0.3 is 0 Å². The molecule has 6 heteroatoms. The lowest BCUT2D eigenvalue weighted by Crippen LogP contribution is -2.13. The average Bonchev–Trinajstić information content (AvgIpc) is 2.64. The fourth-order valence-electron chi connectivity index (χ4n) is 1.30. The molecule has 1 amide bonds. The summed E-state index contributed by atoms with van der Waals surface area (Å²) in [5, 5.41) is 6.63. The van der Waals surface area contributed by atoms with Gasteiger partial charge in [-0.15, -0.1) is 0 Å². The van der Waals surface area contributed by atoms with Crippen LogP contribution in [0.5, 0.6) is 0 Å². The highest BCUT2D eigenvalue weighted by molar-refractivity contribution is 6.07. The summed E-state index contributed by atoms with van der Waals surface area (Å²) in [7, 11) is 1.77. The van der Waals surface area contributed by atoms with Crippen molar-refractivity contribution in [3.63, 3.8) is 0 Å². The molecule has 2 aromatic heterocycles. The number of nitrogens with two attached hydrogens (primary N) is 1. The average molecular weight is 217 g/mol. The summed E-state index contributed by atoms with van der Waals surface area (Å²) in [6, 6.07) is 1.57. The second-order valence-corrected chi connectivity index (χ2v) is 3.32. The minimum atomic E-state index is -0.270. The number of carbonyl (C=O) groups excluding carboxylic acids is 1. The third kappa shape index (κ3) is 2.00. The largest absolute Gasteiger partial charge is 0.397 e. The Kier molecular flexibility index (Phi) is 2.55. The van der Waals surface area contributed by atoms with E-state index >= 15 is 0 Å². The first-order valence-corrected chi connectivity index (χ1v) is 4.66. The van der Waals surface area contributed by atoms with Crippen molar-refractivity contribution in [2.75, 3.05) is 11.1 Å². The number of aromatic nitrogens is 3. The van der Waals surface area contributed by atoms with Gasteiger partial charge in [0.15, 0.2) is 0 Å². The Morgan fingerprint density at radius 3 is 2.94 bits per heavy atom. The number of aryl methyl sites for hydroxylation is 1. The Balaban J connectivity index is 2.18. The number of nitrogens with one attached hydrogen (secondary N) is 1. The number of hydrogen-bond donors (Lipinski definition) is 2. The molecule has 0 fully saturated rings. The molecule has 0 saturated heterocycles. The molecule has 2 rings (SSSR count). The molecular weight excluding hydrogens is 206 g/mol. The second kappa shape index (κ2) is 4.01. The summed E-state index contributed by atoms with van der Waals surface area (Å²) < 4.78 is 1.60. The number of nitrogens with zero attached hydrogens (tertiary/aromatic N) is 3. The summed E-state index contributed by atoms with van der Waals surface area (Å²) in [4.78, 5) is 15.6. The van der Waals surface area contributed by atoms with Crippen molar-refractivity contribution in [1.82, 2.24) is 14.8 Å². The Hall–Kier alpha value is -2.37. The van der Waals surface area contributed by atoms with Crippen molar-refractivity contribution in [3.8, 4) is 0 Å². The van der Waals surface area contributed by atoms with Crippen LogP contribution in [0.2, 0.25) is 0 Å². The molecule has 3 N–H and O–H groups in total. The summed E-state index contributed by atoms with van der Waals surface area (Å²) in [6.07, 6.45) is 6.23. The lowest BCUT2D eigenvalue weighted by atomic mass is 10.2. The molecule has 0 saturated carbocycles. The third-order valence-corrected chi connectivity index (χ3v) is 2.06. The van der Waals surface area contributed by atoms with Crippen LogP contribution in [-0.4, -0.2) is 20.7 Å². The van der Waals surface area contributed by atoms with Crippen molar-refractivity contribution in [1.29, 1.82) is 0 Å². The quantitative estimate of drug-likeness (QED) is 0.773. The van der Waals surface area contributed by atoms with Gasteiger partial charge in [-0.3, -0.25) is 14.5 Å². The van der Waals surface area contributed by atoms with Gasteiger partial charge < -0.3 is 11.1 Å². The van der Waals surface area contributed by atoms with E-state index in [-0.39, 0.29) is 5.91 Å². The minimum absolute atomic E-state index is 0.270. The van der Waals surface area contributed by atoms with E-state index in [0.717, 1.165) is 0 Å². The molecule has 0 aromatic carbocycles. The van der Waals surface area contributed by atoms with Crippen molar-refractivity contribution in [3.05, 3.63) is 36.4 Å². The van der Waals surface area contributed by atoms with Crippen molar-refractivity contribution < 1.29 is 4.79 Å². The molecule has 0 spiro atoms. The molecule has 2 heterocycles. The van der Waals surface area contributed by atoms with Gasteiger partial charge in [0.2, 0.25) is 0 Å². The molecule has 2 aromatic rings. The summed E-state index contributed by atoms with van der Waals surface area (Å²) >= 11 is 0. The maximum atomic E-state index is 11.8. The van der Waals surface area contributed by atoms with E-state index in [9.17, 15) is 4.79 Å². The van der Waals surface area contributed by atoms with Crippen LogP contribution in [0.1, 0.15) is 10.4 Å². The van der Waals surface area contributed by atoms with E-state index in [1.54, 1.807) is 30.2 Å². The van der Waals surface area contributed by atoms with Gasteiger partial charge in [-0.05, 0) is 6.07 Å². The fraction of sp³-hybridized carbons (Fsp3) is 0.100. The van der Waals surface area contributed by atoms with E-state index in [4.69, 9.17) is 5.73 Å². The van der Waals surface area contributed by atoms with Gasteiger partial charge in [0.1, 0.15) is 0 Å². The van der Waals surface area contributed by atoms with Gasteiger partial charge in [-0.2, -0.15) is 5.10 Å². The Morgan fingerprint density at radius 1 is 1.50 bits per heavy atom. The number of pyridine rings is 1. The fourth-order valence-corrected chi connectivity index (χ4v) is 1.30. The van der Waals surface area contributed by atoms with E-state index in [2.05, 4.69) is 15.4 Å². The zero-order valence-electron chi connectivity index (χ0n) is 8.71. The molecule has 0 aliphatic carbocycles. The molecule has 0 atom stereocenters. The van der Waals surface area contributed by atoms with Crippen LogP contribution in [0.4, 0.5) is 11.4 Å². The third-order valence-electron chi connectivity index (χ3n) is 2.06. The summed E-state index contributed by atoms with van der Waals surface area (Å²) in [5.74, 6) is -0.270. The molecule has 0 bridgehead atoms. The van der Waals surface area contributed by atoms with Crippen molar-refractivity contribution in [2.45, 2.75) is 0 Å². The van der Waals surface area contributed by atoms with E-state index < -0.39 is 0 Å². The van der Waals surface area contributed by atoms with Crippen molar-refractivity contribution >= 4 is 17.3 Å². The smallest absolute Gasteiger partial charge is 0.257 e. The van der Waals surface area contributed by atoms with E-state index in [1.807, 2.05) is 0 Å². The molecule has 16 heavy (non-hydrogen) atoms. The van der Waals surface area contributed by atoms with Gasteiger partial charge in [0.25, 0.3) is 5.91 Å². The normalized spacial score (nSPS) is 10.1. The maximum absolute atomic E-state index is 11.8. The van der Waals surface area contributed by atoms with Crippen LogP contribution < -0.4 is 11.1 Å². The molecule has 0 aliphatic rings. The monoisotopic (exact) mass is 217 g/mol. The highest BCUT2D eigenvalue weighted by atomic mass is 16.1. The lowest BCUT2D eigenvalue weighted by molar-refractivity contribution is 0.102. The highest BCUT2D eigenvalue weighted by Crippen LogP contribution is 2.12. The molecular formula is C10H11N5O. The Labute approximate surface area is 92.1 Å². The summed E-state index contributed by atoms with van der Waals surface area (Å²) in [5.41, 5.74) is 7.02. The molecule has 82 valence electrons. The number of nitrogen functional groups attached to an aromatic ring is 1. The maximum Gasteiger partial charge on any atom is 0.257 e. The topological polar surface area (TPSA) is 85.8 Å². The van der Waals surface area contributed by atoms with Gasteiger partial charge in [0.05, 0.1) is 29.3 Å². The number of rotatable bonds is 2. The van der Waals surface area contributed by atoms with Gasteiger partial charge in [-0.1, -0.05) is 0 Å². The van der Waals surface area contributed by atoms with Crippen LogP contribution in [0.3, 0.4) is 0 Å². The Bertz CT molecular complexity index is 519. The van der Waals surface area contributed by atoms with Gasteiger partial charge in [0, 0.05) is 19.4 Å². The number of hydrogen-bond acceptors (Lipinski definition) is 4. The standard InChI is InChI=1S/C10H11N5O/c1-15-6-7(4-13-15)14-10(16)8-2-3-12-5-9(8)11/h2-6H,11H2,1H3,(H,14,16). The second-order valence-electron chi connectivity index (χ2n) is 3.32. The predicted octanol–water partition coefficient (Wildman–Crippen LogP) is 0.650. The zero-order chi connectivity index (χ0) is 11.5. The number of carbonyl (C=O) groups is 1. The Morgan fingerprint density at radius 2 is 2.31 bits per heavy atom. The highest BCUT2D eigenvalue weighted by Gasteiger charge is 2.09. The van der Waals surface area contributed by atoms with Crippen LogP contribution >= 0.6 is 0 Å². The van der Waals surface area contributed by atoms with Crippen LogP contribution in [-0.2, 0) is 7.05 Å². The lowest BCUT2D eigenvalue weighted by Gasteiger charge is -2.04. The van der Waals surface area contributed by atoms with E-state index in [0.29, 0.717) is 16.9 Å². The number of amides is 1. The first-order chi connectivity index (χ1) is 7.66. The minimum Gasteiger partial charge on any atom is -0.397 e. The number of anilines is 2. The molecule has 0 radical (unpaired) electrons. The first kappa shape index (κ1) is 10.2. The van der Waals surface area contributed by atoms with E-state index in [1.165, 1.54) is 12.4 Å². The molecule has 0 unspecified atom stereocenters. The predicted molar refractivity (Wildman–Crippen MR) is 59.8 cm³/mol. The van der Waals surface area contributed by atoms with Crippen LogP contribution in [0.15, 0.2) is 30.9 Å². The molecule has 0 aliphatic heterocycles. The van der Waals surface area contributed by atoms with Crippen molar-refractivity contribution in [2.24, 2.45) is 7.05 Å². The summed E-state index contributed by atoms with van der Waals surface area (Å²) in [6.45, 7) is 0. The van der Waals surface area contributed by atoms with Crippen LogP contribution in [0.25, 0.3) is 0 Å².